The summed E-state index contributed by atoms with van der Waals surface area (Å²) < 4.78 is 7.04. The van der Waals surface area contributed by atoms with E-state index in [9.17, 15) is 0 Å². The fourth-order valence-electron chi connectivity index (χ4n) is 11.3. The molecule has 352 valence electrons. The minimum absolute atomic E-state index is 0.538. The zero-order valence-corrected chi connectivity index (χ0v) is 40.5. The average Bonchev–Trinajstić information content (AvgIpc) is 4.25. The van der Waals surface area contributed by atoms with Gasteiger partial charge < -0.3 is 9.13 Å². The third-order valence-corrected chi connectivity index (χ3v) is 14.6. The van der Waals surface area contributed by atoms with Gasteiger partial charge >= 0.3 is 0 Å². The lowest BCUT2D eigenvalue weighted by Gasteiger charge is -2.14. The predicted octanol–water partition coefficient (Wildman–Crippen LogP) is 15.5. The van der Waals surface area contributed by atoms with Crippen molar-refractivity contribution in [1.29, 1.82) is 0 Å². The minimum atomic E-state index is 0.538. The molecule has 0 unspecified atom stereocenters. The Hall–Kier alpha value is -10.1. The quantitative estimate of drug-likeness (QED) is 0.151. The number of hydrogen-bond acceptors (Lipinski definition) is 6. The van der Waals surface area contributed by atoms with Gasteiger partial charge in [0.15, 0.2) is 29.1 Å². The average molecular weight is 962 g/mol. The van der Waals surface area contributed by atoms with Gasteiger partial charge in [-0.3, -0.25) is 4.57 Å². The molecule has 1 aliphatic rings. The summed E-state index contributed by atoms with van der Waals surface area (Å²) in [6, 6.07) is 78.0. The largest absolute Gasteiger partial charge is 0.310 e. The van der Waals surface area contributed by atoms with Crippen LogP contribution in [0.15, 0.2) is 231 Å². The Bertz CT molecular complexity index is 4500. The lowest BCUT2D eigenvalue weighted by Crippen LogP contribution is -2.07. The van der Waals surface area contributed by atoms with Crippen molar-refractivity contribution in [2.45, 2.75) is 12.8 Å². The molecule has 0 atom stereocenters. The summed E-state index contributed by atoms with van der Waals surface area (Å²) in [5.41, 5.74) is 14.5. The number of para-hydroxylation sites is 3. The lowest BCUT2D eigenvalue weighted by atomic mass is 9.97. The van der Waals surface area contributed by atoms with Gasteiger partial charge in [-0.25, -0.2) is 19.9 Å². The van der Waals surface area contributed by atoms with E-state index < -0.39 is 0 Å². The van der Waals surface area contributed by atoms with Gasteiger partial charge in [0, 0.05) is 71.8 Å². The number of fused-ring (bicyclic) bond motifs is 10. The summed E-state index contributed by atoms with van der Waals surface area (Å²) >= 11 is 0. The number of aryl methyl sites for hydroxylation is 1. The number of nitrogens with zero attached hydrogens (tertiary/aromatic N) is 9. The molecule has 0 amide bonds. The maximum Gasteiger partial charge on any atom is 0.238 e. The van der Waals surface area contributed by atoms with Gasteiger partial charge in [-0.15, -0.1) is 0 Å². The SMILES string of the molecule is C1=Cc2c(c3c(-c4nc(-c5ccccc5)nc(-n5c6ccccc6c6ccc7c8ccccc8n(-c8ccc(-c9nc(-c%10ccccc%10)nc(-c%10ccccc%10)n9)cc8)c7c65)n4)cccc3n2-c2ccccc2)CC1. The van der Waals surface area contributed by atoms with Crippen LogP contribution < -0.4 is 0 Å². The Morgan fingerprint density at radius 1 is 0.320 bits per heavy atom. The predicted molar refractivity (Wildman–Crippen MR) is 303 cm³/mol. The van der Waals surface area contributed by atoms with Gasteiger partial charge in [0.2, 0.25) is 5.95 Å². The van der Waals surface area contributed by atoms with Crippen molar-refractivity contribution >= 4 is 60.6 Å². The first kappa shape index (κ1) is 42.6. The van der Waals surface area contributed by atoms with Crippen LogP contribution in [0.2, 0.25) is 0 Å². The van der Waals surface area contributed by atoms with Crippen LogP contribution in [0, 0.1) is 0 Å². The molecule has 9 aromatic carbocycles. The van der Waals surface area contributed by atoms with E-state index >= 15 is 0 Å². The monoisotopic (exact) mass is 961 g/mol. The maximum atomic E-state index is 5.60. The molecule has 1 aliphatic carbocycles. The van der Waals surface area contributed by atoms with Crippen LogP contribution in [0.1, 0.15) is 17.7 Å². The summed E-state index contributed by atoms with van der Waals surface area (Å²) in [5, 5.41) is 5.62. The van der Waals surface area contributed by atoms with Crippen LogP contribution in [-0.2, 0) is 6.42 Å². The number of aromatic nitrogens is 9. The summed E-state index contributed by atoms with van der Waals surface area (Å²) in [6.45, 7) is 0. The van der Waals surface area contributed by atoms with Gasteiger partial charge in [-0.2, -0.15) is 9.97 Å². The van der Waals surface area contributed by atoms with Crippen molar-refractivity contribution < 1.29 is 0 Å². The first-order valence-corrected chi connectivity index (χ1v) is 25.4. The van der Waals surface area contributed by atoms with Gasteiger partial charge in [0.25, 0.3) is 0 Å². The van der Waals surface area contributed by atoms with Crippen molar-refractivity contribution in [1.82, 2.24) is 43.6 Å². The van der Waals surface area contributed by atoms with Crippen LogP contribution in [-0.4, -0.2) is 43.6 Å². The van der Waals surface area contributed by atoms with Crippen LogP contribution in [0.25, 0.3) is 135 Å². The third kappa shape index (κ3) is 6.93. The van der Waals surface area contributed by atoms with Crippen LogP contribution in [0.5, 0.6) is 0 Å². The summed E-state index contributed by atoms with van der Waals surface area (Å²) in [4.78, 5) is 31.5. The molecule has 0 spiro atoms. The number of hydrogen-bond donors (Lipinski definition) is 0. The zero-order chi connectivity index (χ0) is 49.4. The van der Waals surface area contributed by atoms with E-state index in [1.165, 1.54) is 11.3 Å². The van der Waals surface area contributed by atoms with E-state index in [0.717, 1.165) is 107 Å². The standard InChI is InChI=1S/C66H43N9/c1-5-20-42(21-6-1)61-67-62(43-22-7-2-8-23-43)69-63(68-61)45-36-38-47(39-37-45)74-54-32-16-13-28-48(54)50-40-41-51-49-29-14-17-33-55(49)75(60(51)59(50)74)66-71-64(44-24-9-3-10-25-44)70-65(72-66)53-31-19-35-57-58(53)52-30-15-18-34-56(52)73(57)46-26-11-4-12-27-46/h1-14,16-29,31-41H,15,30H2. The number of benzene rings is 9. The molecule has 5 heterocycles. The number of rotatable bonds is 8. The van der Waals surface area contributed by atoms with Gasteiger partial charge in [0.05, 0.1) is 27.6 Å². The number of allylic oxidation sites excluding steroid dienone is 1. The van der Waals surface area contributed by atoms with E-state index in [0.29, 0.717) is 35.1 Å². The minimum Gasteiger partial charge on any atom is -0.310 e. The van der Waals surface area contributed by atoms with E-state index in [4.69, 9.17) is 29.9 Å². The second-order valence-electron chi connectivity index (χ2n) is 19.0. The highest BCUT2D eigenvalue weighted by Crippen LogP contribution is 2.43. The molecule has 0 fully saturated rings. The topological polar surface area (TPSA) is 92.1 Å². The molecular formula is C66H43N9. The van der Waals surface area contributed by atoms with Crippen molar-refractivity contribution in [3.8, 4) is 74.3 Å². The Labute approximate surface area is 431 Å². The highest BCUT2D eigenvalue weighted by atomic mass is 15.2. The smallest absolute Gasteiger partial charge is 0.238 e. The molecule has 0 aliphatic heterocycles. The first-order chi connectivity index (χ1) is 37.2. The molecule has 0 saturated heterocycles. The van der Waals surface area contributed by atoms with Gasteiger partial charge in [-0.1, -0.05) is 176 Å². The normalized spacial score (nSPS) is 12.4. The van der Waals surface area contributed by atoms with E-state index in [1.807, 2.05) is 78.9 Å². The molecule has 75 heavy (non-hydrogen) atoms. The third-order valence-electron chi connectivity index (χ3n) is 14.6. The van der Waals surface area contributed by atoms with Crippen LogP contribution in [0.4, 0.5) is 0 Å². The second kappa shape index (κ2) is 17.3. The Balaban J connectivity index is 0.973. The fraction of sp³-hybridized carbons (Fsp3) is 0.0303. The van der Waals surface area contributed by atoms with E-state index in [-0.39, 0.29) is 0 Å². The van der Waals surface area contributed by atoms with Crippen molar-refractivity contribution in [3.63, 3.8) is 0 Å². The molecular weight excluding hydrogens is 919 g/mol. The molecule has 5 aromatic heterocycles. The molecule has 0 N–H and O–H groups in total. The second-order valence-corrected chi connectivity index (χ2v) is 19.0. The van der Waals surface area contributed by atoms with Gasteiger partial charge in [0.1, 0.15) is 0 Å². The van der Waals surface area contributed by atoms with Crippen LogP contribution in [0.3, 0.4) is 0 Å². The van der Waals surface area contributed by atoms with Crippen molar-refractivity contribution in [2.75, 3.05) is 0 Å². The van der Waals surface area contributed by atoms with Gasteiger partial charge in [-0.05, 0) is 79.1 Å². The lowest BCUT2D eigenvalue weighted by molar-refractivity contribution is 0.953. The van der Waals surface area contributed by atoms with E-state index in [1.54, 1.807) is 0 Å². The Morgan fingerprint density at radius 2 is 0.773 bits per heavy atom. The highest BCUT2D eigenvalue weighted by molar-refractivity contribution is 6.23. The summed E-state index contributed by atoms with van der Waals surface area (Å²) in [5.74, 6) is 3.60. The van der Waals surface area contributed by atoms with E-state index in [2.05, 4.69) is 171 Å². The molecule has 14 aromatic rings. The maximum absolute atomic E-state index is 5.60. The molecule has 9 heteroatoms. The molecule has 0 saturated carbocycles. The first-order valence-electron chi connectivity index (χ1n) is 25.4. The molecule has 15 rings (SSSR count). The zero-order valence-electron chi connectivity index (χ0n) is 40.5. The molecule has 9 nitrogen and oxygen atoms in total. The summed E-state index contributed by atoms with van der Waals surface area (Å²) in [7, 11) is 0. The highest BCUT2D eigenvalue weighted by Gasteiger charge is 2.26. The molecule has 0 bridgehead atoms. The Morgan fingerprint density at radius 3 is 1.37 bits per heavy atom. The Kier molecular flexibility index (Phi) is 9.81. The van der Waals surface area contributed by atoms with Crippen LogP contribution >= 0.6 is 0 Å². The fourth-order valence-corrected chi connectivity index (χ4v) is 11.3. The van der Waals surface area contributed by atoms with Crippen molar-refractivity contribution in [2.24, 2.45) is 0 Å². The summed E-state index contributed by atoms with van der Waals surface area (Å²) in [6.07, 6.45) is 6.43. The molecule has 0 radical (unpaired) electrons. The van der Waals surface area contributed by atoms with Crippen molar-refractivity contribution in [3.05, 3.63) is 242 Å².